The molecule has 0 spiro atoms. The molecule has 1 saturated heterocycles. The number of carbonyl (C=O) groups is 1. The van der Waals surface area contributed by atoms with Gasteiger partial charge in [-0.2, -0.15) is 0 Å². The number of nitrogens with one attached hydrogen (secondary N) is 2. The Morgan fingerprint density at radius 3 is 2.95 bits per heavy atom. The SMILES string of the molecule is O=C(CSCc1cccc(Cl)c1)NC1CCNCC1. The number of amides is 1. The van der Waals surface area contributed by atoms with Gasteiger partial charge in [-0.05, 0) is 43.6 Å². The molecule has 1 aliphatic rings. The van der Waals surface area contributed by atoms with Crippen molar-refractivity contribution in [2.24, 2.45) is 0 Å². The van der Waals surface area contributed by atoms with E-state index in [0.717, 1.165) is 42.3 Å². The summed E-state index contributed by atoms with van der Waals surface area (Å²) in [6.45, 7) is 2.00. The molecule has 0 radical (unpaired) electrons. The Kier molecular flexibility index (Phi) is 6.01. The fraction of sp³-hybridized carbons (Fsp3) is 0.500. The van der Waals surface area contributed by atoms with E-state index in [1.807, 2.05) is 24.3 Å². The molecule has 5 heteroatoms. The summed E-state index contributed by atoms with van der Waals surface area (Å²) in [4.78, 5) is 11.8. The van der Waals surface area contributed by atoms with Crippen LogP contribution in [0.3, 0.4) is 0 Å². The molecular weight excluding hydrogens is 280 g/mol. The van der Waals surface area contributed by atoms with Crippen molar-refractivity contribution in [3.63, 3.8) is 0 Å². The molecule has 0 unspecified atom stereocenters. The van der Waals surface area contributed by atoms with E-state index in [-0.39, 0.29) is 5.91 Å². The monoisotopic (exact) mass is 298 g/mol. The Bertz CT molecular complexity index is 422. The van der Waals surface area contributed by atoms with Crippen molar-refractivity contribution in [3.8, 4) is 0 Å². The Morgan fingerprint density at radius 1 is 1.42 bits per heavy atom. The van der Waals surface area contributed by atoms with Crippen molar-refractivity contribution in [3.05, 3.63) is 34.9 Å². The molecule has 104 valence electrons. The molecule has 1 aromatic carbocycles. The quantitative estimate of drug-likeness (QED) is 0.877. The fourth-order valence-electron chi connectivity index (χ4n) is 2.12. The molecule has 1 aliphatic heterocycles. The molecule has 0 aliphatic carbocycles. The molecule has 0 bridgehead atoms. The summed E-state index contributed by atoms with van der Waals surface area (Å²) in [5.74, 6) is 1.47. The maximum Gasteiger partial charge on any atom is 0.230 e. The second kappa shape index (κ2) is 7.78. The van der Waals surface area contributed by atoms with E-state index in [4.69, 9.17) is 11.6 Å². The summed E-state index contributed by atoms with van der Waals surface area (Å²) in [7, 11) is 0. The molecule has 2 N–H and O–H groups in total. The fourth-order valence-corrected chi connectivity index (χ4v) is 3.12. The first-order chi connectivity index (χ1) is 9.24. The average molecular weight is 299 g/mol. The van der Waals surface area contributed by atoms with Crippen LogP contribution >= 0.6 is 23.4 Å². The van der Waals surface area contributed by atoms with E-state index < -0.39 is 0 Å². The first kappa shape index (κ1) is 14.7. The topological polar surface area (TPSA) is 41.1 Å². The third-order valence-electron chi connectivity index (χ3n) is 3.10. The van der Waals surface area contributed by atoms with Gasteiger partial charge < -0.3 is 10.6 Å². The molecule has 1 heterocycles. The van der Waals surface area contributed by atoms with Crippen LogP contribution in [0.5, 0.6) is 0 Å². The lowest BCUT2D eigenvalue weighted by molar-refractivity contribution is -0.119. The highest BCUT2D eigenvalue weighted by Crippen LogP contribution is 2.16. The highest BCUT2D eigenvalue weighted by atomic mass is 35.5. The van der Waals surface area contributed by atoms with Crippen LogP contribution in [0.1, 0.15) is 18.4 Å². The summed E-state index contributed by atoms with van der Waals surface area (Å²) in [6.07, 6.45) is 2.06. The molecule has 2 rings (SSSR count). The number of piperidine rings is 1. The van der Waals surface area contributed by atoms with Gasteiger partial charge in [-0.15, -0.1) is 11.8 Å². The van der Waals surface area contributed by atoms with Crippen LogP contribution in [0, 0.1) is 0 Å². The van der Waals surface area contributed by atoms with E-state index in [9.17, 15) is 4.79 Å². The lowest BCUT2D eigenvalue weighted by Gasteiger charge is -2.23. The van der Waals surface area contributed by atoms with E-state index in [2.05, 4.69) is 10.6 Å². The number of hydrogen-bond donors (Lipinski definition) is 2. The minimum Gasteiger partial charge on any atom is -0.353 e. The zero-order valence-electron chi connectivity index (χ0n) is 10.8. The normalized spacial score (nSPS) is 16.3. The summed E-state index contributed by atoms with van der Waals surface area (Å²) >= 11 is 7.55. The standard InChI is InChI=1S/C14H19ClN2OS/c15-12-3-1-2-11(8-12)9-19-10-14(18)17-13-4-6-16-7-5-13/h1-3,8,13,16H,4-7,9-10H2,(H,17,18). The maximum absolute atomic E-state index is 11.8. The number of benzene rings is 1. The van der Waals surface area contributed by atoms with Crippen molar-refractivity contribution in [1.29, 1.82) is 0 Å². The van der Waals surface area contributed by atoms with Crippen LogP contribution in [-0.2, 0) is 10.5 Å². The van der Waals surface area contributed by atoms with Crippen molar-refractivity contribution in [2.45, 2.75) is 24.6 Å². The zero-order chi connectivity index (χ0) is 13.5. The van der Waals surface area contributed by atoms with E-state index >= 15 is 0 Å². The Balaban J connectivity index is 1.66. The first-order valence-electron chi connectivity index (χ1n) is 6.56. The minimum absolute atomic E-state index is 0.138. The van der Waals surface area contributed by atoms with Gasteiger partial charge in [-0.25, -0.2) is 0 Å². The molecule has 0 atom stereocenters. The molecule has 19 heavy (non-hydrogen) atoms. The summed E-state index contributed by atoms with van der Waals surface area (Å²) < 4.78 is 0. The van der Waals surface area contributed by atoms with Gasteiger partial charge in [0.2, 0.25) is 5.91 Å². The average Bonchev–Trinajstić information content (AvgIpc) is 2.40. The van der Waals surface area contributed by atoms with Crippen LogP contribution in [0.2, 0.25) is 5.02 Å². The molecule has 1 fully saturated rings. The second-order valence-electron chi connectivity index (χ2n) is 4.71. The van der Waals surface area contributed by atoms with Gasteiger partial charge in [0, 0.05) is 16.8 Å². The van der Waals surface area contributed by atoms with E-state index in [1.54, 1.807) is 11.8 Å². The molecule has 1 amide bonds. The Labute approximate surface area is 123 Å². The highest BCUT2D eigenvalue weighted by Gasteiger charge is 2.14. The number of halogens is 1. The van der Waals surface area contributed by atoms with Crippen molar-refractivity contribution < 1.29 is 4.79 Å². The van der Waals surface area contributed by atoms with Crippen molar-refractivity contribution in [2.75, 3.05) is 18.8 Å². The largest absolute Gasteiger partial charge is 0.353 e. The number of thioether (sulfide) groups is 1. The van der Waals surface area contributed by atoms with Crippen LogP contribution in [0.4, 0.5) is 0 Å². The number of hydrogen-bond acceptors (Lipinski definition) is 3. The van der Waals surface area contributed by atoms with Gasteiger partial charge in [-0.1, -0.05) is 23.7 Å². The van der Waals surface area contributed by atoms with Gasteiger partial charge >= 0.3 is 0 Å². The minimum atomic E-state index is 0.138. The predicted octanol–water partition coefficient (Wildman–Crippen LogP) is 2.44. The molecule has 1 aromatic rings. The van der Waals surface area contributed by atoms with Gasteiger partial charge in [0.1, 0.15) is 0 Å². The smallest absolute Gasteiger partial charge is 0.230 e. The Morgan fingerprint density at radius 2 is 2.21 bits per heavy atom. The van der Waals surface area contributed by atoms with Gasteiger partial charge in [0.25, 0.3) is 0 Å². The van der Waals surface area contributed by atoms with E-state index in [0.29, 0.717) is 11.8 Å². The van der Waals surface area contributed by atoms with Crippen molar-refractivity contribution >= 4 is 29.3 Å². The number of rotatable bonds is 5. The molecule has 3 nitrogen and oxygen atoms in total. The van der Waals surface area contributed by atoms with Crippen LogP contribution in [0.15, 0.2) is 24.3 Å². The van der Waals surface area contributed by atoms with E-state index in [1.165, 1.54) is 0 Å². The summed E-state index contributed by atoms with van der Waals surface area (Å²) in [5.41, 5.74) is 1.16. The van der Waals surface area contributed by atoms with Gasteiger partial charge in [0.15, 0.2) is 0 Å². The lowest BCUT2D eigenvalue weighted by atomic mass is 10.1. The molecule has 0 saturated carbocycles. The summed E-state index contributed by atoms with van der Waals surface area (Å²) in [5, 5.41) is 7.13. The third-order valence-corrected chi connectivity index (χ3v) is 4.33. The van der Waals surface area contributed by atoms with Gasteiger partial charge in [0.05, 0.1) is 5.75 Å². The first-order valence-corrected chi connectivity index (χ1v) is 8.09. The Hall–Kier alpha value is -0.710. The second-order valence-corrected chi connectivity index (χ2v) is 6.14. The number of carbonyl (C=O) groups excluding carboxylic acids is 1. The third kappa shape index (κ3) is 5.43. The van der Waals surface area contributed by atoms with Crippen LogP contribution < -0.4 is 10.6 Å². The molecular formula is C14H19ClN2OS. The summed E-state index contributed by atoms with van der Waals surface area (Å²) in [6, 6.07) is 8.12. The predicted molar refractivity (Wildman–Crippen MR) is 81.6 cm³/mol. The maximum atomic E-state index is 11.8. The van der Waals surface area contributed by atoms with Crippen molar-refractivity contribution in [1.82, 2.24) is 10.6 Å². The molecule has 0 aromatic heterocycles. The van der Waals surface area contributed by atoms with Crippen LogP contribution in [-0.4, -0.2) is 30.8 Å². The highest BCUT2D eigenvalue weighted by molar-refractivity contribution is 7.99. The van der Waals surface area contributed by atoms with Crippen LogP contribution in [0.25, 0.3) is 0 Å². The van der Waals surface area contributed by atoms with Gasteiger partial charge in [-0.3, -0.25) is 4.79 Å². The zero-order valence-corrected chi connectivity index (χ0v) is 12.4. The lowest BCUT2D eigenvalue weighted by Crippen LogP contribution is -2.43.